The molecule has 1 aliphatic heterocycles. The number of anilines is 2. The lowest BCUT2D eigenvalue weighted by molar-refractivity contribution is -0.137. The summed E-state index contributed by atoms with van der Waals surface area (Å²) in [5.74, 6) is 2.01. The van der Waals surface area contributed by atoms with Gasteiger partial charge in [-0.15, -0.1) is 0 Å². The lowest BCUT2D eigenvalue weighted by Gasteiger charge is -2.20. The zero-order chi connectivity index (χ0) is 23.8. The Balaban J connectivity index is 1.71. The third-order valence-electron chi connectivity index (χ3n) is 5.43. The van der Waals surface area contributed by atoms with Gasteiger partial charge in [0.25, 0.3) is 0 Å². The van der Waals surface area contributed by atoms with Gasteiger partial charge >= 0.3 is 6.18 Å². The molecule has 4 rings (SSSR count). The van der Waals surface area contributed by atoms with Gasteiger partial charge < -0.3 is 25.3 Å². The SMILES string of the molecule is COc1cc2nc(C)nc(N[C@@H](C)c3cc(N)cc(C(F)(F)F)c3)c2cc1O[C@H]1CCOC1. The summed E-state index contributed by atoms with van der Waals surface area (Å²) in [5.41, 5.74) is 5.99. The summed E-state index contributed by atoms with van der Waals surface area (Å²) in [4.78, 5) is 8.97. The molecule has 0 amide bonds. The number of nitrogen functional groups attached to an aromatic ring is 1. The average Bonchev–Trinajstić information content (AvgIpc) is 3.25. The molecule has 2 atom stereocenters. The molecule has 7 nitrogen and oxygen atoms in total. The topological polar surface area (TPSA) is 91.5 Å². The molecule has 0 unspecified atom stereocenters. The van der Waals surface area contributed by atoms with E-state index in [1.807, 2.05) is 0 Å². The van der Waals surface area contributed by atoms with Crippen molar-refractivity contribution in [2.24, 2.45) is 0 Å². The number of methoxy groups -OCH3 is 1. The van der Waals surface area contributed by atoms with Crippen LogP contribution in [0.15, 0.2) is 30.3 Å². The molecule has 1 fully saturated rings. The summed E-state index contributed by atoms with van der Waals surface area (Å²) in [6.45, 7) is 4.61. The van der Waals surface area contributed by atoms with Crippen molar-refractivity contribution < 1.29 is 27.4 Å². The molecule has 0 aliphatic carbocycles. The van der Waals surface area contributed by atoms with Gasteiger partial charge in [0.1, 0.15) is 17.7 Å². The van der Waals surface area contributed by atoms with E-state index in [1.165, 1.54) is 6.07 Å². The molecule has 0 bridgehead atoms. The first kappa shape index (κ1) is 22.9. The third kappa shape index (κ3) is 5.05. The quantitative estimate of drug-likeness (QED) is 0.504. The molecule has 1 aliphatic rings. The number of nitrogens with two attached hydrogens (primary N) is 1. The predicted octanol–water partition coefficient (Wildman–Crippen LogP) is 4.89. The summed E-state index contributed by atoms with van der Waals surface area (Å²) in [6, 6.07) is 6.54. The monoisotopic (exact) mass is 462 g/mol. The fourth-order valence-corrected chi connectivity index (χ4v) is 3.78. The highest BCUT2D eigenvalue weighted by atomic mass is 19.4. The number of fused-ring (bicyclic) bond motifs is 1. The second-order valence-electron chi connectivity index (χ2n) is 8.00. The van der Waals surface area contributed by atoms with Crippen molar-refractivity contribution in [2.75, 3.05) is 31.4 Å². The summed E-state index contributed by atoms with van der Waals surface area (Å²) in [7, 11) is 1.55. The molecule has 0 spiro atoms. The minimum atomic E-state index is -4.49. The first-order valence-electron chi connectivity index (χ1n) is 10.5. The Bertz CT molecular complexity index is 1160. The van der Waals surface area contributed by atoms with Crippen molar-refractivity contribution in [3.63, 3.8) is 0 Å². The molecule has 2 aromatic carbocycles. The highest BCUT2D eigenvalue weighted by molar-refractivity contribution is 5.92. The number of rotatable bonds is 6. The molecule has 33 heavy (non-hydrogen) atoms. The minimum Gasteiger partial charge on any atom is -0.493 e. The van der Waals surface area contributed by atoms with Gasteiger partial charge in [0.05, 0.1) is 37.4 Å². The van der Waals surface area contributed by atoms with Gasteiger partial charge in [-0.3, -0.25) is 0 Å². The summed E-state index contributed by atoms with van der Waals surface area (Å²) >= 11 is 0. The molecule has 1 saturated heterocycles. The van der Waals surface area contributed by atoms with Crippen LogP contribution in [0.1, 0.15) is 36.3 Å². The van der Waals surface area contributed by atoms with Crippen LogP contribution >= 0.6 is 0 Å². The molecule has 176 valence electrons. The Morgan fingerprint density at radius 1 is 1.15 bits per heavy atom. The largest absolute Gasteiger partial charge is 0.493 e. The average molecular weight is 462 g/mol. The molecule has 2 heterocycles. The zero-order valence-electron chi connectivity index (χ0n) is 18.5. The summed E-state index contributed by atoms with van der Waals surface area (Å²) < 4.78 is 56.7. The second-order valence-corrected chi connectivity index (χ2v) is 8.00. The third-order valence-corrected chi connectivity index (χ3v) is 5.43. The van der Waals surface area contributed by atoms with E-state index in [2.05, 4.69) is 15.3 Å². The number of hydrogen-bond acceptors (Lipinski definition) is 7. The van der Waals surface area contributed by atoms with E-state index in [9.17, 15) is 13.2 Å². The van der Waals surface area contributed by atoms with E-state index in [1.54, 1.807) is 33.1 Å². The Kier molecular flexibility index (Phi) is 6.20. The lowest BCUT2D eigenvalue weighted by atomic mass is 10.0. The summed E-state index contributed by atoms with van der Waals surface area (Å²) in [6.07, 6.45) is -3.81. The molecule has 1 aromatic heterocycles. The van der Waals surface area contributed by atoms with Gasteiger partial charge in [0, 0.05) is 23.6 Å². The van der Waals surface area contributed by atoms with Crippen LogP contribution in [-0.2, 0) is 10.9 Å². The van der Waals surface area contributed by atoms with Gasteiger partial charge in [-0.05, 0) is 43.7 Å². The maximum atomic E-state index is 13.3. The smallest absolute Gasteiger partial charge is 0.416 e. The van der Waals surface area contributed by atoms with Gasteiger partial charge in [0.2, 0.25) is 0 Å². The second kappa shape index (κ2) is 8.93. The normalized spacial score (nSPS) is 17.2. The van der Waals surface area contributed by atoms with E-state index in [0.29, 0.717) is 52.8 Å². The molecule has 3 aromatic rings. The van der Waals surface area contributed by atoms with Crippen molar-refractivity contribution in [1.82, 2.24) is 9.97 Å². The van der Waals surface area contributed by atoms with Gasteiger partial charge in [-0.1, -0.05) is 0 Å². The highest BCUT2D eigenvalue weighted by Gasteiger charge is 2.31. The number of aryl methyl sites for hydroxylation is 1. The first-order valence-corrected chi connectivity index (χ1v) is 10.5. The fourth-order valence-electron chi connectivity index (χ4n) is 3.78. The Morgan fingerprint density at radius 2 is 1.94 bits per heavy atom. The van der Waals surface area contributed by atoms with Crippen LogP contribution in [0.25, 0.3) is 10.9 Å². The van der Waals surface area contributed by atoms with Crippen LogP contribution < -0.4 is 20.5 Å². The fraction of sp³-hybridized carbons (Fsp3) is 0.391. The number of nitrogens with zero attached hydrogens (tertiary/aromatic N) is 2. The molecule has 0 radical (unpaired) electrons. The van der Waals surface area contributed by atoms with E-state index >= 15 is 0 Å². The number of alkyl halides is 3. The molecule has 3 N–H and O–H groups in total. The number of aromatic nitrogens is 2. The van der Waals surface area contributed by atoms with Crippen LogP contribution in [0.2, 0.25) is 0 Å². The number of halogens is 3. The summed E-state index contributed by atoms with van der Waals surface area (Å²) in [5, 5.41) is 3.87. The van der Waals surface area contributed by atoms with Crippen LogP contribution in [0.3, 0.4) is 0 Å². The molecular formula is C23H25F3N4O3. The standard InChI is InChI=1S/C23H25F3N4O3/c1-12(14-6-15(23(24,25)26)8-16(27)7-14)28-22-18-9-21(33-17-4-5-32-11-17)20(31-3)10-19(18)29-13(2)30-22/h6-10,12,17H,4-5,11,27H2,1-3H3,(H,28,29,30)/t12-,17-/m0/s1. The molecule has 0 saturated carbocycles. The van der Waals surface area contributed by atoms with Gasteiger partial charge in [-0.25, -0.2) is 9.97 Å². The maximum absolute atomic E-state index is 13.3. The molecular weight excluding hydrogens is 437 g/mol. The first-order chi connectivity index (χ1) is 15.6. The number of hydrogen-bond donors (Lipinski definition) is 2. The van der Waals surface area contributed by atoms with Crippen LogP contribution in [0.5, 0.6) is 11.5 Å². The number of ether oxygens (including phenoxy) is 3. The van der Waals surface area contributed by atoms with Crippen molar-refractivity contribution in [1.29, 1.82) is 0 Å². The van der Waals surface area contributed by atoms with E-state index in [0.717, 1.165) is 18.6 Å². The van der Waals surface area contributed by atoms with Gasteiger partial charge in [0.15, 0.2) is 11.5 Å². The Morgan fingerprint density at radius 3 is 2.61 bits per heavy atom. The van der Waals surface area contributed by atoms with E-state index in [4.69, 9.17) is 19.9 Å². The van der Waals surface area contributed by atoms with Crippen molar-refractivity contribution in [3.8, 4) is 11.5 Å². The van der Waals surface area contributed by atoms with Crippen LogP contribution in [-0.4, -0.2) is 36.4 Å². The molecule has 10 heteroatoms. The predicted molar refractivity (Wildman–Crippen MR) is 119 cm³/mol. The minimum absolute atomic E-state index is 0.0383. The van der Waals surface area contributed by atoms with Crippen LogP contribution in [0, 0.1) is 6.92 Å². The zero-order valence-corrected chi connectivity index (χ0v) is 18.5. The maximum Gasteiger partial charge on any atom is 0.416 e. The van der Waals surface area contributed by atoms with Crippen LogP contribution in [0.4, 0.5) is 24.7 Å². The number of benzene rings is 2. The Hall–Kier alpha value is -3.27. The van der Waals surface area contributed by atoms with Crippen molar-refractivity contribution >= 4 is 22.4 Å². The highest BCUT2D eigenvalue weighted by Crippen LogP contribution is 2.37. The lowest BCUT2D eigenvalue weighted by Crippen LogP contribution is -2.16. The van der Waals surface area contributed by atoms with Crippen molar-refractivity contribution in [2.45, 2.75) is 38.6 Å². The van der Waals surface area contributed by atoms with Gasteiger partial charge in [-0.2, -0.15) is 13.2 Å². The van der Waals surface area contributed by atoms with E-state index < -0.39 is 17.8 Å². The van der Waals surface area contributed by atoms with Crippen molar-refractivity contribution in [3.05, 3.63) is 47.3 Å². The van der Waals surface area contributed by atoms with E-state index in [-0.39, 0.29) is 11.8 Å². The Labute approximate surface area is 189 Å². The number of nitrogens with one attached hydrogen (secondary N) is 1.